The van der Waals surface area contributed by atoms with Crippen LogP contribution < -0.4 is 5.32 Å². The Morgan fingerprint density at radius 1 is 1.26 bits per heavy atom. The maximum absolute atomic E-state index is 6.38. The average molecular weight is 278 g/mol. The molecular weight excluding hydrogens is 254 g/mol. The largest absolute Gasteiger partial charge is 0.316 e. The molecule has 3 atom stereocenters. The van der Waals surface area contributed by atoms with Crippen LogP contribution in [0.25, 0.3) is 0 Å². The van der Waals surface area contributed by atoms with E-state index >= 15 is 0 Å². The number of benzene rings is 1. The molecule has 1 N–H and O–H groups in total. The zero-order valence-electron chi connectivity index (χ0n) is 12.0. The van der Waals surface area contributed by atoms with E-state index in [1.807, 2.05) is 0 Å². The smallest absolute Gasteiger partial charge is 0.0441 e. The molecule has 0 radical (unpaired) electrons. The Morgan fingerprint density at radius 3 is 2.53 bits per heavy atom. The molecule has 3 rings (SSSR count). The molecule has 19 heavy (non-hydrogen) atoms. The van der Waals surface area contributed by atoms with Crippen LogP contribution in [0.1, 0.15) is 36.8 Å². The highest BCUT2D eigenvalue weighted by Crippen LogP contribution is 2.57. The fourth-order valence-corrected chi connectivity index (χ4v) is 4.44. The number of aryl methyl sites for hydroxylation is 1. The number of likely N-dealkylation sites (N-methyl/N-ethyl adjacent to an activating group) is 1. The summed E-state index contributed by atoms with van der Waals surface area (Å²) in [5.74, 6) is 2.88. The van der Waals surface area contributed by atoms with Gasteiger partial charge in [-0.2, -0.15) is 0 Å². The van der Waals surface area contributed by atoms with E-state index in [4.69, 9.17) is 11.6 Å². The first-order valence-electron chi connectivity index (χ1n) is 7.63. The molecule has 1 aromatic rings. The van der Waals surface area contributed by atoms with E-state index in [9.17, 15) is 0 Å². The molecular formula is C17H24ClN. The van der Waals surface area contributed by atoms with Crippen LogP contribution in [0.4, 0.5) is 0 Å². The SMILES string of the molecule is CNC(Cc1ccc(C)cc1Cl)C1C2CCCCC21. The third kappa shape index (κ3) is 2.68. The molecule has 2 saturated carbocycles. The van der Waals surface area contributed by atoms with Crippen LogP contribution in [0, 0.1) is 24.7 Å². The lowest BCUT2D eigenvalue weighted by Gasteiger charge is -2.17. The van der Waals surface area contributed by atoms with Gasteiger partial charge in [0.05, 0.1) is 0 Å². The monoisotopic (exact) mass is 277 g/mol. The highest BCUT2D eigenvalue weighted by Gasteiger charge is 2.53. The molecule has 0 aromatic heterocycles. The molecule has 2 heteroatoms. The van der Waals surface area contributed by atoms with E-state index in [-0.39, 0.29) is 0 Å². The molecule has 3 unspecified atom stereocenters. The minimum absolute atomic E-state index is 0.605. The fraction of sp³-hybridized carbons (Fsp3) is 0.647. The van der Waals surface area contributed by atoms with Gasteiger partial charge in [0.25, 0.3) is 0 Å². The zero-order chi connectivity index (χ0) is 13.4. The van der Waals surface area contributed by atoms with Crippen LogP contribution in [0.2, 0.25) is 5.02 Å². The Morgan fingerprint density at radius 2 is 1.95 bits per heavy atom. The van der Waals surface area contributed by atoms with Crippen LogP contribution >= 0.6 is 11.6 Å². The van der Waals surface area contributed by atoms with Gasteiger partial charge in [-0.25, -0.2) is 0 Å². The van der Waals surface area contributed by atoms with Gasteiger partial charge in [-0.3, -0.25) is 0 Å². The Balaban J connectivity index is 1.70. The van der Waals surface area contributed by atoms with Crippen LogP contribution in [0.5, 0.6) is 0 Å². The summed E-state index contributed by atoms with van der Waals surface area (Å²) < 4.78 is 0. The second-order valence-corrected chi connectivity index (χ2v) is 6.79. The Bertz CT molecular complexity index is 445. The van der Waals surface area contributed by atoms with Crippen molar-refractivity contribution in [3.8, 4) is 0 Å². The maximum atomic E-state index is 6.38. The summed E-state index contributed by atoms with van der Waals surface area (Å²) in [5.41, 5.74) is 2.55. The van der Waals surface area contributed by atoms with E-state index in [0.29, 0.717) is 6.04 Å². The van der Waals surface area contributed by atoms with Crippen molar-refractivity contribution >= 4 is 11.6 Å². The molecule has 0 saturated heterocycles. The van der Waals surface area contributed by atoms with Crippen molar-refractivity contribution in [1.29, 1.82) is 0 Å². The molecule has 0 bridgehead atoms. The molecule has 1 nitrogen and oxygen atoms in total. The van der Waals surface area contributed by atoms with Gasteiger partial charge in [0.15, 0.2) is 0 Å². The first-order chi connectivity index (χ1) is 9.20. The van der Waals surface area contributed by atoms with Crippen molar-refractivity contribution in [2.45, 2.75) is 45.1 Å². The standard InChI is InChI=1S/C17H24ClN/c1-11-7-8-12(15(18)9-11)10-16(19-2)17-13-5-3-4-6-14(13)17/h7-9,13-14,16-17,19H,3-6,10H2,1-2H3. The summed E-state index contributed by atoms with van der Waals surface area (Å²) >= 11 is 6.38. The molecule has 0 spiro atoms. The summed E-state index contributed by atoms with van der Waals surface area (Å²) in [4.78, 5) is 0. The number of fused-ring (bicyclic) bond motifs is 1. The number of rotatable bonds is 4. The van der Waals surface area contributed by atoms with Crippen molar-refractivity contribution in [3.05, 3.63) is 34.3 Å². The van der Waals surface area contributed by atoms with E-state index in [2.05, 4.69) is 37.5 Å². The second-order valence-electron chi connectivity index (χ2n) is 6.38. The Labute approximate surface area is 121 Å². The van der Waals surface area contributed by atoms with Crippen molar-refractivity contribution in [3.63, 3.8) is 0 Å². The Kier molecular flexibility index (Phi) is 3.86. The number of hydrogen-bond acceptors (Lipinski definition) is 1. The fourth-order valence-electron chi connectivity index (χ4n) is 4.13. The lowest BCUT2D eigenvalue weighted by atomic mass is 9.99. The summed E-state index contributed by atoms with van der Waals surface area (Å²) in [6.07, 6.45) is 6.87. The lowest BCUT2D eigenvalue weighted by molar-refractivity contribution is 0.460. The van der Waals surface area contributed by atoms with Gasteiger partial charge in [-0.05, 0) is 68.2 Å². The third-order valence-electron chi connectivity index (χ3n) is 5.21. The highest BCUT2D eigenvalue weighted by molar-refractivity contribution is 6.31. The minimum Gasteiger partial charge on any atom is -0.316 e. The van der Waals surface area contributed by atoms with Gasteiger partial charge in [0.2, 0.25) is 0 Å². The van der Waals surface area contributed by atoms with Gasteiger partial charge in [-0.1, -0.05) is 36.6 Å². The van der Waals surface area contributed by atoms with Crippen LogP contribution in [-0.2, 0) is 6.42 Å². The summed E-state index contributed by atoms with van der Waals surface area (Å²) in [6.45, 7) is 2.10. The molecule has 104 valence electrons. The molecule has 2 aliphatic carbocycles. The lowest BCUT2D eigenvalue weighted by Crippen LogP contribution is -2.31. The van der Waals surface area contributed by atoms with Gasteiger partial charge in [-0.15, -0.1) is 0 Å². The zero-order valence-corrected chi connectivity index (χ0v) is 12.7. The maximum Gasteiger partial charge on any atom is 0.0441 e. The van der Waals surface area contributed by atoms with Gasteiger partial charge in [0.1, 0.15) is 0 Å². The topological polar surface area (TPSA) is 12.0 Å². The van der Waals surface area contributed by atoms with E-state index in [1.54, 1.807) is 0 Å². The molecule has 0 aliphatic heterocycles. The van der Waals surface area contributed by atoms with Crippen molar-refractivity contribution in [2.75, 3.05) is 7.05 Å². The Hall–Kier alpha value is -0.530. The number of hydrogen-bond donors (Lipinski definition) is 1. The average Bonchev–Trinajstić information content (AvgIpc) is 3.12. The van der Waals surface area contributed by atoms with E-state index in [1.165, 1.54) is 36.8 Å². The van der Waals surface area contributed by atoms with Crippen molar-refractivity contribution < 1.29 is 0 Å². The van der Waals surface area contributed by atoms with Gasteiger partial charge >= 0.3 is 0 Å². The second kappa shape index (κ2) is 5.46. The van der Waals surface area contributed by atoms with Crippen LogP contribution in [0.15, 0.2) is 18.2 Å². The molecule has 2 aliphatic rings. The van der Waals surface area contributed by atoms with Gasteiger partial charge < -0.3 is 5.32 Å². The van der Waals surface area contributed by atoms with Crippen molar-refractivity contribution in [1.82, 2.24) is 5.32 Å². The molecule has 0 heterocycles. The molecule has 1 aromatic carbocycles. The van der Waals surface area contributed by atoms with Crippen LogP contribution in [-0.4, -0.2) is 13.1 Å². The quantitative estimate of drug-likeness (QED) is 0.869. The van der Waals surface area contributed by atoms with Gasteiger partial charge in [0, 0.05) is 11.1 Å². The van der Waals surface area contributed by atoms with E-state index in [0.717, 1.165) is 29.2 Å². The third-order valence-corrected chi connectivity index (χ3v) is 5.56. The summed E-state index contributed by atoms with van der Waals surface area (Å²) in [5, 5.41) is 4.49. The van der Waals surface area contributed by atoms with Crippen LogP contribution in [0.3, 0.4) is 0 Å². The van der Waals surface area contributed by atoms with E-state index < -0.39 is 0 Å². The molecule has 2 fully saturated rings. The first kappa shape index (κ1) is 13.5. The summed E-state index contributed by atoms with van der Waals surface area (Å²) in [6, 6.07) is 7.07. The first-order valence-corrected chi connectivity index (χ1v) is 8.01. The summed E-state index contributed by atoms with van der Waals surface area (Å²) in [7, 11) is 2.11. The minimum atomic E-state index is 0.605. The predicted molar refractivity (Wildman–Crippen MR) is 81.7 cm³/mol. The number of halogens is 1. The van der Waals surface area contributed by atoms with Crippen molar-refractivity contribution in [2.24, 2.45) is 17.8 Å². The highest BCUT2D eigenvalue weighted by atomic mass is 35.5. The number of nitrogens with one attached hydrogen (secondary N) is 1. The normalized spacial score (nSPS) is 30.8. The predicted octanol–water partition coefficient (Wildman–Crippen LogP) is 4.22. The molecule has 0 amide bonds.